The van der Waals surface area contributed by atoms with Crippen molar-refractivity contribution in [2.24, 2.45) is 0 Å². The molecule has 1 unspecified atom stereocenters. The molecule has 3 nitrogen and oxygen atoms in total. The van der Waals surface area contributed by atoms with Crippen molar-refractivity contribution in [1.82, 2.24) is 4.90 Å². The largest absolute Gasteiger partial charge is 0.367 e. The molecule has 2 rings (SSSR count). The van der Waals surface area contributed by atoms with Crippen molar-refractivity contribution in [3.63, 3.8) is 0 Å². The summed E-state index contributed by atoms with van der Waals surface area (Å²) < 4.78 is 31.3. The number of carbonyl (C=O) groups excluding carboxylic acids is 1. The number of likely N-dealkylation sites (N-methyl/N-ethyl adjacent to an activating group) is 1. The third-order valence-corrected chi connectivity index (χ3v) is 3.09. The van der Waals surface area contributed by atoms with E-state index in [0.29, 0.717) is 13.2 Å². The van der Waals surface area contributed by atoms with Crippen molar-refractivity contribution < 1.29 is 18.3 Å². The fourth-order valence-corrected chi connectivity index (χ4v) is 1.98. The fraction of sp³-hybridized carbons (Fsp3) is 0.462. The fourth-order valence-electron chi connectivity index (χ4n) is 1.98. The Morgan fingerprint density at radius 3 is 2.89 bits per heavy atom. The number of Topliss-reactive ketones (excluding diaryl/α,β-unsaturated/α-hetero) is 1. The van der Waals surface area contributed by atoms with Gasteiger partial charge in [-0.2, -0.15) is 0 Å². The minimum absolute atomic E-state index is 0.150. The first-order chi connectivity index (χ1) is 8.61. The van der Waals surface area contributed by atoms with E-state index in [2.05, 4.69) is 4.90 Å². The van der Waals surface area contributed by atoms with Crippen LogP contribution in [0.3, 0.4) is 0 Å². The Bertz CT molecular complexity index is 451. The van der Waals surface area contributed by atoms with E-state index in [1.165, 1.54) is 6.07 Å². The van der Waals surface area contributed by atoms with Crippen LogP contribution in [-0.4, -0.2) is 43.0 Å². The van der Waals surface area contributed by atoms with Gasteiger partial charge in [-0.25, -0.2) is 8.78 Å². The number of ketones is 1. The van der Waals surface area contributed by atoms with Crippen LogP contribution in [0.1, 0.15) is 17.3 Å². The lowest BCUT2D eigenvalue weighted by Gasteiger charge is -2.31. The van der Waals surface area contributed by atoms with Crippen LogP contribution in [-0.2, 0) is 4.74 Å². The number of nitrogens with zero attached hydrogens (tertiary/aromatic N) is 1. The highest BCUT2D eigenvalue weighted by atomic mass is 19.2. The second-order valence-corrected chi connectivity index (χ2v) is 4.25. The molecule has 1 fully saturated rings. The van der Waals surface area contributed by atoms with Gasteiger partial charge in [0.1, 0.15) is 6.10 Å². The molecule has 0 bridgehead atoms. The van der Waals surface area contributed by atoms with Crippen molar-refractivity contribution >= 4 is 5.78 Å². The Hall–Kier alpha value is -1.33. The van der Waals surface area contributed by atoms with Gasteiger partial charge in [-0.15, -0.1) is 0 Å². The van der Waals surface area contributed by atoms with E-state index in [0.717, 1.165) is 25.2 Å². The lowest BCUT2D eigenvalue weighted by Crippen LogP contribution is -2.45. The zero-order valence-corrected chi connectivity index (χ0v) is 10.2. The van der Waals surface area contributed by atoms with E-state index >= 15 is 0 Å². The molecule has 0 aliphatic carbocycles. The minimum Gasteiger partial charge on any atom is -0.367 e. The highest BCUT2D eigenvalue weighted by Crippen LogP contribution is 2.14. The zero-order chi connectivity index (χ0) is 13.1. The molecule has 1 saturated heterocycles. The van der Waals surface area contributed by atoms with Gasteiger partial charge < -0.3 is 4.74 Å². The van der Waals surface area contributed by atoms with Gasteiger partial charge in [0.2, 0.25) is 0 Å². The molecule has 5 heteroatoms. The number of ether oxygens (including phenoxy) is 1. The number of carbonyl (C=O) groups is 1. The molecule has 98 valence electrons. The number of halogens is 2. The van der Waals surface area contributed by atoms with Crippen molar-refractivity contribution in [2.75, 3.05) is 26.2 Å². The highest BCUT2D eigenvalue weighted by molar-refractivity contribution is 5.99. The van der Waals surface area contributed by atoms with Crippen molar-refractivity contribution in [3.8, 4) is 0 Å². The first-order valence-electron chi connectivity index (χ1n) is 5.95. The third-order valence-electron chi connectivity index (χ3n) is 3.09. The van der Waals surface area contributed by atoms with E-state index in [1.807, 2.05) is 6.92 Å². The number of morpholine rings is 1. The number of hydrogen-bond acceptors (Lipinski definition) is 3. The van der Waals surface area contributed by atoms with Gasteiger partial charge in [-0.1, -0.05) is 6.92 Å². The molecule has 0 spiro atoms. The van der Waals surface area contributed by atoms with E-state index in [4.69, 9.17) is 4.74 Å². The van der Waals surface area contributed by atoms with Crippen LogP contribution in [0.5, 0.6) is 0 Å². The first kappa shape index (κ1) is 13.1. The van der Waals surface area contributed by atoms with E-state index in [1.54, 1.807) is 0 Å². The van der Waals surface area contributed by atoms with Crippen LogP contribution >= 0.6 is 0 Å². The molecular weight excluding hydrogens is 240 g/mol. The van der Waals surface area contributed by atoms with Crippen LogP contribution in [0.25, 0.3) is 0 Å². The predicted octanol–water partition coefficient (Wildman–Crippen LogP) is 1.87. The Labute approximate surface area is 104 Å². The molecule has 0 amide bonds. The van der Waals surface area contributed by atoms with Gasteiger partial charge in [-0.3, -0.25) is 9.69 Å². The summed E-state index contributed by atoms with van der Waals surface area (Å²) in [6, 6.07) is 3.17. The Morgan fingerprint density at radius 2 is 2.22 bits per heavy atom. The van der Waals surface area contributed by atoms with E-state index in [9.17, 15) is 13.6 Å². The summed E-state index contributed by atoms with van der Waals surface area (Å²) in [5.74, 6) is -2.26. The van der Waals surface area contributed by atoms with Gasteiger partial charge in [0.05, 0.1) is 6.61 Å². The monoisotopic (exact) mass is 255 g/mol. The van der Waals surface area contributed by atoms with Crippen LogP contribution in [0, 0.1) is 11.6 Å². The van der Waals surface area contributed by atoms with Crippen LogP contribution in [0.2, 0.25) is 0 Å². The number of benzene rings is 1. The summed E-state index contributed by atoms with van der Waals surface area (Å²) in [6.45, 7) is 4.61. The molecule has 1 atom stereocenters. The number of rotatable bonds is 3. The summed E-state index contributed by atoms with van der Waals surface area (Å²) in [4.78, 5) is 14.2. The maximum Gasteiger partial charge on any atom is 0.192 e. The Morgan fingerprint density at radius 1 is 1.44 bits per heavy atom. The topological polar surface area (TPSA) is 29.5 Å². The molecule has 0 N–H and O–H groups in total. The average molecular weight is 255 g/mol. The lowest BCUT2D eigenvalue weighted by atomic mass is 10.0. The molecule has 0 aromatic heterocycles. The molecule has 1 aromatic rings. The Balaban J connectivity index is 2.12. The predicted molar refractivity (Wildman–Crippen MR) is 62.5 cm³/mol. The van der Waals surface area contributed by atoms with Gasteiger partial charge in [0, 0.05) is 18.7 Å². The maximum absolute atomic E-state index is 13.1. The van der Waals surface area contributed by atoms with E-state index in [-0.39, 0.29) is 11.3 Å². The molecular formula is C13H15F2NO2. The summed E-state index contributed by atoms with van der Waals surface area (Å²) >= 11 is 0. The smallest absolute Gasteiger partial charge is 0.192 e. The highest BCUT2D eigenvalue weighted by Gasteiger charge is 2.27. The molecule has 0 saturated carbocycles. The van der Waals surface area contributed by atoms with Crippen LogP contribution < -0.4 is 0 Å². The molecule has 1 heterocycles. The van der Waals surface area contributed by atoms with Crippen molar-refractivity contribution in [1.29, 1.82) is 0 Å². The molecule has 1 aliphatic heterocycles. The van der Waals surface area contributed by atoms with E-state index < -0.39 is 17.7 Å². The van der Waals surface area contributed by atoms with Gasteiger partial charge in [0.15, 0.2) is 17.4 Å². The first-order valence-corrected chi connectivity index (χ1v) is 5.95. The van der Waals surface area contributed by atoms with Crippen LogP contribution in [0.4, 0.5) is 8.78 Å². The minimum atomic E-state index is -1.01. The maximum atomic E-state index is 13.1. The normalized spacial score (nSPS) is 20.9. The quantitative estimate of drug-likeness (QED) is 0.772. The van der Waals surface area contributed by atoms with Crippen LogP contribution in [0.15, 0.2) is 18.2 Å². The molecule has 0 radical (unpaired) electrons. The summed E-state index contributed by atoms with van der Waals surface area (Å²) in [5, 5.41) is 0. The summed E-state index contributed by atoms with van der Waals surface area (Å²) in [6.07, 6.45) is -0.594. The van der Waals surface area contributed by atoms with Crippen molar-refractivity contribution in [2.45, 2.75) is 13.0 Å². The lowest BCUT2D eigenvalue weighted by molar-refractivity contribution is -0.0148. The van der Waals surface area contributed by atoms with Crippen molar-refractivity contribution in [3.05, 3.63) is 35.4 Å². The molecule has 18 heavy (non-hydrogen) atoms. The molecule has 1 aliphatic rings. The third kappa shape index (κ3) is 2.73. The number of hydrogen-bond donors (Lipinski definition) is 0. The SMILES string of the molecule is CCN1CCOC(C(=O)c2ccc(F)c(F)c2)C1. The molecule has 1 aromatic carbocycles. The zero-order valence-electron chi connectivity index (χ0n) is 10.2. The second kappa shape index (κ2) is 5.54. The standard InChI is InChI=1S/C13H15F2NO2/c1-2-16-5-6-18-12(8-16)13(17)9-3-4-10(14)11(15)7-9/h3-4,7,12H,2,5-6,8H2,1H3. The van der Waals surface area contributed by atoms with Gasteiger partial charge in [-0.05, 0) is 24.7 Å². The van der Waals surface area contributed by atoms with Gasteiger partial charge >= 0.3 is 0 Å². The summed E-state index contributed by atoms with van der Waals surface area (Å²) in [5.41, 5.74) is 0.150. The second-order valence-electron chi connectivity index (χ2n) is 4.25. The average Bonchev–Trinajstić information content (AvgIpc) is 2.41. The Kier molecular flexibility index (Phi) is 4.04. The summed E-state index contributed by atoms with van der Waals surface area (Å²) in [7, 11) is 0. The van der Waals surface area contributed by atoms with Gasteiger partial charge in [0.25, 0.3) is 0 Å².